The second kappa shape index (κ2) is 10.0. The maximum atomic E-state index is 12.7. The molecule has 8 N–H and O–H groups in total. The molecule has 0 aromatic rings. The van der Waals surface area contributed by atoms with E-state index < -0.39 is 49.4 Å². The normalized spacial score (nSPS) is 23.9. The van der Waals surface area contributed by atoms with E-state index in [9.17, 15) is 30.0 Å². The van der Waals surface area contributed by atoms with Crippen LogP contribution in [-0.2, 0) is 9.59 Å². The van der Waals surface area contributed by atoms with Crippen LogP contribution < -0.4 is 5.73 Å². The number of primary amides is 1. The molecule has 0 aliphatic carbocycles. The zero-order valence-corrected chi connectivity index (χ0v) is 15.8. The monoisotopic (exact) mass is 405 g/mol. The van der Waals surface area contributed by atoms with Gasteiger partial charge in [0.2, 0.25) is 0 Å². The number of aliphatic hydroxyl groups is 6. The summed E-state index contributed by atoms with van der Waals surface area (Å²) in [5.74, 6) is -1.55. The fourth-order valence-electron chi connectivity index (χ4n) is 2.72. The summed E-state index contributed by atoms with van der Waals surface area (Å²) < 4.78 is -0.198. The Morgan fingerprint density at radius 1 is 1.14 bits per heavy atom. The lowest BCUT2D eigenvalue weighted by molar-refractivity contribution is -0.855. The summed E-state index contributed by atoms with van der Waals surface area (Å²) in [4.78, 5) is 29.3. The van der Waals surface area contributed by atoms with Crippen molar-refractivity contribution < 1.29 is 44.7 Å². The van der Waals surface area contributed by atoms with Crippen molar-refractivity contribution in [1.29, 1.82) is 0 Å². The average Bonchev–Trinajstić information content (AvgIpc) is 2.64. The predicted molar refractivity (Wildman–Crippen MR) is 96.5 cm³/mol. The molecule has 5 atom stereocenters. The third-order valence-corrected chi connectivity index (χ3v) is 4.38. The largest absolute Gasteiger partial charge is 0.394 e. The van der Waals surface area contributed by atoms with Gasteiger partial charge in [0.05, 0.1) is 26.4 Å². The molecule has 0 aromatic heterocycles. The van der Waals surface area contributed by atoms with Crippen LogP contribution >= 0.6 is 0 Å². The molecular formula is C16H29N4O8+. The molecule has 0 saturated carbocycles. The topological polar surface area (TPSA) is 197 Å². The first-order valence-corrected chi connectivity index (χ1v) is 8.58. The molecule has 1 aliphatic heterocycles. The third-order valence-electron chi connectivity index (χ3n) is 4.38. The van der Waals surface area contributed by atoms with Gasteiger partial charge < -0.3 is 41.3 Å². The molecule has 0 fully saturated rings. The maximum absolute atomic E-state index is 12.7. The van der Waals surface area contributed by atoms with E-state index >= 15 is 0 Å². The summed E-state index contributed by atoms with van der Waals surface area (Å²) in [7, 11) is 2.90. The highest BCUT2D eigenvalue weighted by Crippen LogP contribution is 2.19. The number of nitrogens with two attached hydrogens (primary N) is 1. The van der Waals surface area contributed by atoms with Crippen molar-refractivity contribution in [3.63, 3.8) is 0 Å². The van der Waals surface area contributed by atoms with E-state index in [1.165, 1.54) is 13.2 Å². The van der Waals surface area contributed by atoms with Crippen molar-refractivity contribution in [1.82, 2.24) is 4.90 Å². The number of likely N-dealkylation sites (N-methyl/N-ethyl adjacent to an activating group) is 2. The second-order valence-electron chi connectivity index (χ2n) is 7.08. The highest BCUT2D eigenvalue weighted by molar-refractivity contribution is 6.39. The second-order valence-corrected chi connectivity index (χ2v) is 7.08. The van der Waals surface area contributed by atoms with E-state index in [1.807, 2.05) is 0 Å². The molecule has 160 valence electrons. The highest BCUT2D eigenvalue weighted by atomic mass is 16.4. The molecule has 12 nitrogen and oxygen atoms in total. The van der Waals surface area contributed by atoms with Gasteiger partial charge in [-0.2, -0.15) is 0 Å². The summed E-state index contributed by atoms with van der Waals surface area (Å²) in [5, 5.41) is 56.6. The summed E-state index contributed by atoms with van der Waals surface area (Å²) in [5.41, 5.74) is 5.00. The number of hydrogen-bond donors (Lipinski definition) is 7. The number of quaternary nitrogens is 1. The van der Waals surface area contributed by atoms with Gasteiger partial charge >= 0.3 is 0 Å². The van der Waals surface area contributed by atoms with E-state index in [1.54, 1.807) is 7.05 Å². The highest BCUT2D eigenvalue weighted by Gasteiger charge is 2.36. The molecular weight excluding hydrogens is 376 g/mol. The molecule has 1 aliphatic rings. The van der Waals surface area contributed by atoms with E-state index in [-0.39, 0.29) is 35.5 Å². The fraction of sp³-hybridized carbons (Fsp3) is 0.688. The summed E-state index contributed by atoms with van der Waals surface area (Å²) in [6.45, 7) is -1.84. The molecule has 0 bridgehead atoms. The van der Waals surface area contributed by atoms with Crippen LogP contribution in [0.15, 0.2) is 16.9 Å². The number of carbonyl (C=O) groups is 2. The Bertz CT molecular complexity index is 640. The maximum Gasteiger partial charge on any atom is 0.277 e. The lowest BCUT2D eigenvalue weighted by Gasteiger charge is -2.36. The summed E-state index contributed by atoms with van der Waals surface area (Å²) >= 11 is 0. The van der Waals surface area contributed by atoms with Crippen LogP contribution in [0.2, 0.25) is 0 Å². The van der Waals surface area contributed by atoms with Crippen LogP contribution in [0.3, 0.4) is 0 Å². The standard InChI is InChI=1S/C16H28N4O8/c1-19(3-11(23)13(25)7-21)16(28)10-5-20(2,4-9(18-10)15(17)27)6-12(24)14(26)8-22/h5,11-14,21-26H,3-4,6-8H2,1-2H3,(H-,17,27)/p+1. The summed E-state index contributed by atoms with van der Waals surface area (Å²) in [6, 6.07) is 0. The van der Waals surface area contributed by atoms with Crippen molar-refractivity contribution in [3.05, 3.63) is 11.9 Å². The Hall–Kier alpha value is -1.93. The fourth-order valence-corrected chi connectivity index (χ4v) is 2.72. The molecule has 12 heteroatoms. The quantitative estimate of drug-likeness (QED) is 0.175. The molecule has 1 rings (SSSR count). The molecule has 0 saturated heterocycles. The lowest BCUT2D eigenvalue weighted by atomic mass is 10.1. The van der Waals surface area contributed by atoms with Crippen LogP contribution in [0, 0.1) is 0 Å². The van der Waals surface area contributed by atoms with Gasteiger partial charge in [-0.3, -0.25) is 14.1 Å². The molecule has 0 aromatic carbocycles. The van der Waals surface area contributed by atoms with Crippen LogP contribution in [0.25, 0.3) is 0 Å². The van der Waals surface area contributed by atoms with Crippen molar-refractivity contribution >= 4 is 17.5 Å². The van der Waals surface area contributed by atoms with Crippen molar-refractivity contribution in [3.8, 4) is 0 Å². The molecule has 1 heterocycles. The number of rotatable bonds is 10. The number of amides is 2. The minimum Gasteiger partial charge on any atom is -0.394 e. The SMILES string of the molecule is CN(CC(O)C(O)CO)C(=O)C1=C[N+](C)(CC(O)C(O)CO)CC(C(N)=O)=N1. The lowest BCUT2D eigenvalue weighted by Crippen LogP contribution is -2.54. The van der Waals surface area contributed by atoms with E-state index in [0.29, 0.717) is 0 Å². The number of aliphatic hydroxyl groups excluding tert-OH is 6. The van der Waals surface area contributed by atoms with E-state index in [4.69, 9.17) is 15.9 Å². The van der Waals surface area contributed by atoms with Gasteiger partial charge in [-0.05, 0) is 0 Å². The Kier molecular flexibility index (Phi) is 8.63. The van der Waals surface area contributed by atoms with Crippen LogP contribution in [0.1, 0.15) is 0 Å². The van der Waals surface area contributed by atoms with Crippen LogP contribution in [0.5, 0.6) is 0 Å². The first kappa shape index (κ1) is 24.1. The third kappa shape index (κ3) is 6.31. The van der Waals surface area contributed by atoms with Gasteiger partial charge in [-0.1, -0.05) is 0 Å². The van der Waals surface area contributed by atoms with Gasteiger partial charge in [-0.15, -0.1) is 0 Å². The Labute approximate surface area is 162 Å². The zero-order chi connectivity index (χ0) is 21.6. The van der Waals surface area contributed by atoms with Gasteiger partial charge in [0.1, 0.15) is 37.6 Å². The molecule has 5 unspecified atom stereocenters. The van der Waals surface area contributed by atoms with E-state index in [0.717, 1.165) is 4.90 Å². The Balaban J connectivity index is 3.09. The van der Waals surface area contributed by atoms with Crippen molar-refractivity contribution in [2.24, 2.45) is 10.7 Å². The predicted octanol–water partition coefficient (Wildman–Crippen LogP) is -4.90. The Morgan fingerprint density at radius 3 is 2.18 bits per heavy atom. The van der Waals surface area contributed by atoms with Crippen molar-refractivity contribution in [2.75, 3.05) is 46.9 Å². The molecule has 2 amide bonds. The van der Waals surface area contributed by atoms with Gasteiger partial charge in [0.15, 0.2) is 11.4 Å². The molecule has 28 heavy (non-hydrogen) atoms. The smallest absolute Gasteiger partial charge is 0.277 e. The van der Waals surface area contributed by atoms with Crippen LogP contribution in [-0.4, -0.2) is 129 Å². The van der Waals surface area contributed by atoms with Gasteiger partial charge in [-0.25, -0.2) is 4.99 Å². The number of aliphatic imine (C=N–C) groups is 1. The van der Waals surface area contributed by atoms with E-state index in [2.05, 4.69) is 4.99 Å². The first-order chi connectivity index (χ1) is 12.9. The molecule has 0 spiro atoms. The van der Waals surface area contributed by atoms with Gasteiger partial charge in [0, 0.05) is 13.6 Å². The summed E-state index contributed by atoms with van der Waals surface area (Å²) in [6.07, 6.45) is -4.21. The number of hydrogen-bond acceptors (Lipinski definition) is 9. The van der Waals surface area contributed by atoms with Crippen LogP contribution in [0.4, 0.5) is 0 Å². The minimum atomic E-state index is -1.43. The molecule has 0 radical (unpaired) electrons. The first-order valence-electron chi connectivity index (χ1n) is 8.58. The zero-order valence-electron chi connectivity index (χ0n) is 15.8. The van der Waals surface area contributed by atoms with Crippen molar-refractivity contribution in [2.45, 2.75) is 24.4 Å². The number of nitrogens with zero attached hydrogens (tertiary/aromatic N) is 3. The van der Waals surface area contributed by atoms with Gasteiger partial charge in [0.25, 0.3) is 11.8 Å². The Morgan fingerprint density at radius 2 is 1.68 bits per heavy atom. The number of carbonyl (C=O) groups excluding carboxylic acids is 2. The minimum absolute atomic E-state index is 0.0448. The average molecular weight is 405 g/mol.